The summed E-state index contributed by atoms with van der Waals surface area (Å²) in [6, 6.07) is 0. The number of hydrogen-bond donors (Lipinski definition) is 2. The summed E-state index contributed by atoms with van der Waals surface area (Å²) in [5.74, 6) is -1.07. The number of thiol groups is 1. The molecule has 7 heavy (non-hydrogen) atoms. The van der Waals surface area contributed by atoms with E-state index in [0.29, 0.717) is 0 Å². The van der Waals surface area contributed by atoms with E-state index >= 15 is 0 Å². The van der Waals surface area contributed by atoms with Crippen molar-refractivity contribution in [2.24, 2.45) is 0 Å². The molecule has 0 unspecified atom stereocenters. The second kappa shape index (κ2) is 4.35. The molecule has 0 rings (SSSR count). The molecule has 1 N–H and O–H groups in total. The van der Waals surface area contributed by atoms with Crippen LogP contribution in [-0.4, -0.2) is 11.1 Å². The smallest absolute Gasteiger partial charge is 0.341 e. The molecular formula is C3H4O2RuS. The van der Waals surface area contributed by atoms with E-state index in [1.807, 2.05) is 0 Å². The minimum absolute atomic E-state index is 0. The molecule has 0 bridgehead atoms. The van der Waals surface area contributed by atoms with Crippen LogP contribution in [0.2, 0.25) is 0 Å². The molecule has 0 radical (unpaired) electrons. The molecule has 2 nitrogen and oxygen atoms in total. The zero-order valence-corrected chi connectivity index (χ0v) is 6.00. The van der Waals surface area contributed by atoms with Gasteiger partial charge in [0.1, 0.15) is 0 Å². The molecule has 0 aliphatic heterocycles. The van der Waals surface area contributed by atoms with E-state index in [1.54, 1.807) is 0 Å². The number of rotatable bonds is 1. The van der Waals surface area contributed by atoms with E-state index in [1.165, 1.54) is 0 Å². The minimum atomic E-state index is -1.07. The van der Waals surface area contributed by atoms with E-state index in [4.69, 9.17) is 5.11 Å². The molecule has 0 saturated heterocycles. The van der Waals surface area contributed by atoms with Gasteiger partial charge in [-0.15, -0.1) is 12.6 Å². The largest absolute Gasteiger partial charge is 0.477 e. The van der Waals surface area contributed by atoms with Gasteiger partial charge in [-0.1, -0.05) is 6.58 Å². The van der Waals surface area contributed by atoms with Gasteiger partial charge in [0, 0.05) is 19.5 Å². The topological polar surface area (TPSA) is 37.3 Å². The average Bonchev–Trinajstić information content (AvgIpc) is 1.36. The summed E-state index contributed by atoms with van der Waals surface area (Å²) in [4.78, 5) is 9.39. The Bertz CT molecular complexity index is 78.9. The number of carboxylic acids is 1. The molecule has 42 valence electrons. The fourth-order valence-corrected chi connectivity index (χ4v) is 0. The van der Waals surface area contributed by atoms with Crippen LogP contribution in [0.4, 0.5) is 0 Å². The van der Waals surface area contributed by atoms with Crippen LogP contribution < -0.4 is 0 Å². The van der Waals surface area contributed by atoms with Crippen LogP contribution in [-0.2, 0) is 24.3 Å². The maximum Gasteiger partial charge on any atom is 0.341 e. The maximum absolute atomic E-state index is 9.52. The van der Waals surface area contributed by atoms with Gasteiger partial charge in [-0.2, -0.15) is 0 Å². The summed E-state index contributed by atoms with van der Waals surface area (Å²) in [7, 11) is 0. The Hall–Kier alpha value is 0.183. The summed E-state index contributed by atoms with van der Waals surface area (Å²) < 4.78 is 0. The molecule has 4 heteroatoms. The van der Waals surface area contributed by atoms with Gasteiger partial charge in [-0.3, -0.25) is 0 Å². The first-order chi connectivity index (χ1) is 2.64. The molecule has 0 amide bonds. The van der Waals surface area contributed by atoms with Gasteiger partial charge >= 0.3 is 5.97 Å². The summed E-state index contributed by atoms with van der Waals surface area (Å²) in [6.07, 6.45) is 0. The standard InChI is InChI=1S/C3H4O2S.Ru/c1-2(6)3(4)5;/h6H,1H2,(H,4,5);. The van der Waals surface area contributed by atoms with Gasteiger partial charge in [-0.25, -0.2) is 4.79 Å². The molecule has 0 fully saturated rings. The predicted octanol–water partition coefficient (Wildman–Crippen LogP) is 0.512. The first-order valence-corrected chi connectivity index (χ1v) is 1.70. The van der Waals surface area contributed by atoms with Gasteiger partial charge in [0.2, 0.25) is 0 Å². The molecule has 0 aliphatic rings. The van der Waals surface area contributed by atoms with Crippen LogP contribution in [0.1, 0.15) is 0 Å². The van der Waals surface area contributed by atoms with Crippen molar-refractivity contribution in [1.29, 1.82) is 0 Å². The monoisotopic (exact) mass is 206 g/mol. The maximum atomic E-state index is 9.52. The molecule has 0 aromatic rings. The van der Waals surface area contributed by atoms with E-state index < -0.39 is 5.97 Å². The zero-order chi connectivity index (χ0) is 5.15. The number of carbonyl (C=O) groups is 1. The number of aliphatic carboxylic acids is 1. The van der Waals surface area contributed by atoms with Crippen molar-refractivity contribution in [3.8, 4) is 0 Å². The van der Waals surface area contributed by atoms with E-state index in [2.05, 4.69) is 19.2 Å². The van der Waals surface area contributed by atoms with Crippen LogP contribution in [0.25, 0.3) is 0 Å². The van der Waals surface area contributed by atoms with E-state index in [0.717, 1.165) is 0 Å². The fourth-order valence-electron chi connectivity index (χ4n) is 0. The van der Waals surface area contributed by atoms with Crippen molar-refractivity contribution < 1.29 is 29.4 Å². The van der Waals surface area contributed by atoms with Gasteiger partial charge in [-0.05, 0) is 0 Å². The van der Waals surface area contributed by atoms with Crippen LogP contribution in [0.3, 0.4) is 0 Å². The van der Waals surface area contributed by atoms with Gasteiger partial charge in [0.25, 0.3) is 0 Å². The Morgan fingerprint density at radius 1 is 1.71 bits per heavy atom. The summed E-state index contributed by atoms with van der Waals surface area (Å²) in [5.41, 5.74) is 0. The van der Waals surface area contributed by atoms with Crippen molar-refractivity contribution in [3.63, 3.8) is 0 Å². The Kier molecular flexibility index (Phi) is 6.35. The Morgan fingerprint density at radius 3 is 1.86 bits per heavy atom. The fraction of sp³-hybridized carbons (Fsp3) is 0. The first kappa shape index (κ1) is 10.2. The SMILES string of the molecule is C=C(S)C(=O)O.[Ru]. The first-order valence-electron chi connectivity index (χ1n) is 1.25. The molecule has 0 aromatic heterocycles. The normalized spacial score (nSPS) is 6.43. The second-order valence-electron chi connectivity index (χ2n) is 0.752. The second-order valence-corrected chi connectivity index (χ2v) is 1.29. The van der Waals surface area contributed by atoms with Crippen molar-refractivity contribution in [2.45, 2.75) is 0 Å². The summed E-state index contributed by atoms with van der Waals surface area (Å²) in [5, 5.41) is 7.81. The van der Waals surface area contributed by atoms with Gasteiger partial charge in [0.15, 0.2) is 0 Å². The van der Waals surface area contributed by atoms with E-state index in [9.17, 15) is 4.79 Å². The quantitative estimate of drug-likeness (QED) is 0.372. The Balaban J connectivity index is 0. The third-order valence-electron chi connectivity index (χ3n) is 0.247. The number of hydrogen-bond acceptors (Lipinski definition) is 2. The summed E-state index contributed by atoms with van der Waals surface area (Å²) in [6.45, 7) is 3.02. The molecular weight excluding hydrogens is 201 g/mol. The third-order valence-corrected chi connectivity index (χ3v) is 0.438. The van der Waals surface area contributed by atoms with Crippen LogP contribution in [0.15, 0.2) is 11.5 Å². The summed E-state index contributed by atoms with van der Waals surface area (Å²) >= 11 is 3.40. The Labute approximate surface area is 59.8 Å². The van der Waals surface area contributed by atoms with Crippen molar-refractivity contribution in [2.75, 3.05) is 0 Å². The molecule has 0 aliphatic carbocycles. The van der Waals surface area contributed by atoms with E-state index in [-0.39, 0.29) is 24.4 Å². The van der Waals surface area contributed by atoms with Crippen LogP contribution in [0.5, 0.6) is 0 Å². The van der Waals surface area contributed by atoms with Gasteiger partial charge < -0.3 is 5.11 Å². The van der Waals surface area contributed by atoms with Crippen molar-refractivity contribution in [1.82, 2.24) is 0 Å². The Morgan fingerprint density at radius 2 is 1.86 bits per heavy atom. The average molecular weight is 205 g/mol. The third kappa shape index (κ3) is 6.18. The molecule has 0 heterocycles. The molecule has 0 atom stereocenters. The van der Waals surface area contributed by atoms with Crippen LogP contribution >= 0.6 is 12.6 Å². The van der Waals surface area contributed by atoms with Gasteiger partial charge in [0.05, 0.1) is 4.91 Å². The minimum Gasteiger partial charge on any atom is -0.477 e. The van der Waals surface area contributed by atoms with Crippen molar-refractivity contribution in [3.05, 3.63) is 11.5 Å². The molecule has 0 aromatic carbocycles. The molecule has 0 spiro atoms. The van der Waals surface area contributed by atoms with Crippen molar-refractivity contribution >= 4 is 18.6 Å². The zero-order valence-electron chi connectivity index (χ0n) is 3.36. The number of carboxylic acid groups (broad SMARTS) is 1. The molecule has 0 saturated carbocycles. The van der Waals surface area contributed by atoms with Crippen LogP contribution in [0, 0.1) is 0 Å². The predicted molar refractivity (Wildman–Crippen MR) is 25.8 cm³/mol.